The molecule has 0 atom stereocenters. The number of hydrogen-bond acceptors (Lipinski definition) is 5. The highest BCUT2D eigenvalue weighted by Gasteiger charge is 2.23. The van der Waals surface area contributed by atoms with Gasteiger partial charge in [0.1, 0.15) is 5.82 Å². The van der Waals surface area contributed by atoms with Gasteiger partial charge in [-0.1, -0.05) is 0 Å². The number of aryl methyl sites for hydroxylation is 1. The van der Waals surface area contributed by atoms with Gasteiger partial charge in [0.15, 0.2) is 5.82 Å². The highest BCUT2D eigenvalue weighted by Crippen LogP contribution is 2.26. The van der Waals surface area contributed by atoms with E-state index in [1.807, 2.05) is 11.8 Å². The number of hydrogen-bond donors (Lipinski definition) is 2. The van der Waals surface area contributed by atoms with Crippen LogP contribution in [0.4, 0.5) is 11.4 Å². The number of benzene rings is 1. The van der Waals surface area contributed by atoms with E-state index in [4.69, 9.17) is 0 Å². The number of carbonyl (C=O) groups excluding carboxylic acids is 1. The predicted octanol–water partition coefficient (Wildman–Crippen LogP) is 2.00. The first-order valence-corrected chi connectivity index (χ1v) is 9.46. The molecule has 2 saturated heterocycles. The summed E-state index contributed by atoms with van der Waals surface area (Å²) in [6.07, 6.45) is 3.86. The van der Waals surface area contributed by atoms with E-state index < -0.39 is 0 Å². The molecule has 2 aromatic rings. The van der Waals surface area contributed by atoms with Gasteiger partial charge in [-0.3, -0.25) is 9.89 Å². The summed E-state index contributed by atoms with van der Waals surface area (Å²) in [6, 6.07) is 8.95. The Morgan fingerprint density at radius 3 is 2.50 bits per heavy atom. The Morgan fingerprint density at radius 1 is 1.15 bits per heavy atom. The normalized spacial score (nSPS) is 18.7. The predicted molar refractivity (Wildman–Crippen MR) is 101 cm³/mol. The fraction of sp³-hybridized carbons (Fsp3) is 0.526. The second-order valence-corrected chi connectivity index (χ2v) is 7.14. The van der Waals surface area contributed by atoms with E-state index in [1.54, 1.807) is 0 Å². The van der Waals surface area contributed by atoms with Gasteiger partial charge in [0.2, 0.25) is 5.91 Å². The number of anilines is 2. The molecule has 7 heteroatoms. The van der Waals surface area contributed by atoms with Crippen molar-refractivity contribution in [1.82, 2.24) is 20.5 Å². The first-order valence-electron chi connectivity index (χ1n) is 9.46. The number of aromatic nitrogens is 3. The molecule has 3 heterocycles. The van der Waals surface area contributed by atoms with Crippen molar-refractivity contribution in [3.05, 3.63) is 35.9 Å². The molecule has 2 N–H and O–H groups in total. The second kappa shape index (κ2) is 7.45. The minimum absolute atomic E-state index is 0.242. The van der Waals surface area contributed by atoms with E-state index in [9.17, 15) is 4.79 Å². The zero-order valence-corrected chi connectivity index (χ0v) is 15.2. The van der Waals surface area contributed by atoms with Gasteiger partial charge in [0.05, 0.1) is 6.54 Å². The molecule has 0 spiro atoms. The van der Waals surface area contributed by atoms with Crippen molar-refractivity contribution < 1.29 is 4.79 Å². The molecule has 7 nitrogen and oxygen atoms in total. The Balaban J connectivity index is 1.28. The quantitative estimate of drug-likeness (QED) is 0.859. The molecule has 1 amide bonds. The number of piperidine rings is 1. The highest BCUT2D eigenvalue weighted by molar-refractivity contribution is 5.95. The summed E-state index contributed by atoms with van der Waals surface area (Å²) in [5.41, 5.74) is 2.26. The minimum atomic E-state index is 0.242. The molecule has 1 aromatic heterocycles. The van der Waals surface area contributed by atoms with Crippen molar-refractivity contribution >= 4 is 17.3 Å². The average Bonchev–Trinajstić information content (AvgIpc) is 3.29. The molecule has 138 valence electrons. The van der Waals surface area contributed by atoms with Crippen LogP contribution in [0.15, 0.2) is 24.3 Å². The van der Waals surface area contributed by atoms with Crippen molar-refractivity contribution in [2.75, 3.05) is 29.4 Å². The van der Waals surface area contributed by atoms with Gasteiger partial charge in [-0.15, -0.1) is 0 Å². The molecule has 0 aliphatic carbocycles. The Bertz CT molecular complexity index is 748. The molecule has 0 bridgehead atoms. The number of carbonyl (C=O) groups is 1. The number of amides is 1. The van der Waals surface area contributed by atoms with Crippen molar-refractivity contribution in [2.24, 2.45) is 0 Å². The lowest BCUT2D eigenvalue weighted by Gasteiger charge is -2.34. The van der Waals surface area contributed by atoms with Crippen molar-refractivity contribution in [3.8, 4) is 0 Å². The Morgan fingerprint density at radius 2 is 1.88 bits per heavy atom. The van der Waals surface area contributed by atoms with Crippen LogP contribution in [0, 0.1) is 6.92 Å². The molecule has 0 radical (unpaired) electrons. The van der Waals surface area contributed by atoms with Gasteiger partial charge >= 0.3 is 0 Å². The van der Waals surface area contributed by atoms with Gasteiger partial charge in [-0.05, 0) is 50.5 Å². The fourth-order valence-electron chi connectivity index (χ4n) is 3.81. The van der Waals surface area contributed by atoms with E-state index in [0.29, 0.717) is 19.0 Å². The molecule has 2 fully saturated rings. The average molecular weight is 354 g/mol. The third-order valence-electron chi connectivity index (χ3n) is 5.29. The topological polar surface area (TPSA) is 77.2 Å². The van der Waals surface area contributed by atoms with Crippen LogP contribution in [-0.4, -0.2) is 46.8 Å². The Labute approximate surface area is 153 Å². The van der Waals surface area contributed by atoms with Crippen LogP contribution in [0.3, 0.4) is 0 Å². The second-order valence-electron chi connectivity index (χ2n) is 7.14. The monoisotopic (exact) mass is 354 g/mol. The maximum absolute atomic E-state index is 11.9. The van der Waals surface area contributed by atoms with Gasteiger partial charge in [0.25, 0.3) is 0 Å². The maximum atomic E-state index is 11.9. The van der Waals surface area contributed by atoms with Gasteiger partial charge in [-0.2, -0.15) is 5.10 Å². The highest BCUT2D eigenvalue weighted by atomic mass is 16.2. The maximum Gasteiger partial charge on any atom is 0.227 e. The first kappa shape index (κ1) is 17.0. The summed E-state index contributed by atoms with van der Waals surface area (Å²) in [7, 11) is 0. The van der Waals surface area contributed by atoms with E-state index in [2.05, 4.69) is 49.7 Å². The van der Waals surface area contributed by atoms with Gasteiger partial charge < -0.3 is 15.1 Å². The molecule has 4 rings (SSSR count). The van der Waals surface area contributed by atoms with E-state index in [-0.39, 0.29) is 5.91 Å². The van der Waals surface area contributed by atoms with Crippen LogP contribution < -0.4 is 15.1 Å². The fourth-order valence-corrected chi connectivity index (χ4v) is 3.81. The molecule has 2 aliphatic rings. The number of nitrogens with one attached hydrogen (secondary N) is 2. The summed E-state index contributed by atoms with van der Waals surface area (Å²) in [4.78, 5) is 20.5. The third kappa shape index (κ3) is 3.72. The summed E-state index contributed by atoms with van der Waals surface area (Å²) in [5, 5.41) is 10.6. The van der Waals surface area contributed by atoms with Crippen LogP contribution in [0.25, 0.3) is 0 Å². The van der Waals surface area contributed by atoms with Crippen molar-refractivity contribution in [1.29, 1.82) is 0 Å². The lowest BCUT2D eigenvalue weighted by atomic mass is 10.0. The molecule has 26 heavy (non-hydrogen) atoms. The molecular formula is C19H26N6O. The summed E-state index contributed by atoms with van der Waals surface area (Å²) in [6.45, 7) is 5.55. The molecule has 0 saturated carbocycles. The van der Waals surface area contributed by atoms with Crippen LogP contribution in [-0.2, 0) is 11.3 Å². The van der Waals surface area contributed by atoms with Crippen LogP contribution in [0.5, 0.6) is 0 Å². The summed E-state index contributed by atoms with van der Waals surface area (Å²) < 4.78 is 0. The number of H-pyrrole nitrogens is 1. The van der Waals surface area contributed by atoms with E-state index in [1.165, 1.54) is 5.69 Å². The Hall–Kier alpha value is -2.41. The zero-order valence-electron chi connectivity index (χ0n) is 15.2. The zero-order chi connectivity index (χ0) is 17.9. The van der Waals surface area contributed by atoms with Crippen molar-refractivity contribution in [3.63, 3.8) is 0 Å². The van der Waals surface area contributed by atoms with Crippen LogP contribution >= 0.6 is 0 Å². The first-order chi connectivity index (χ1) is 12.7. The molecule has 2 aliphatic heterocycles. The summed E-state index contributed by atoms with van der Waals surface area (Å²) >= 11 is 0. The third-order valence-corrected chi connectivity index (χ3v) is 5.29. The number of nitrogens with zero attached hydrogens (tertiary/aromatic N) is 4. The molecule has 1 aromatic carbocycles. The lowest BCUT2D eigenvalue weighted by Crippen LogP contribution is -2.42. The SMILES string of the molecule is Cc1nc(CNC2CCN(c3ccc(N4CCCC4=O)cc3)CC2)n[nH]1. The lowest BCUT2D eigenvalue weighted by molar-refractivity contribution is -0.117. The number of aromatic amines is 1. The van der Waals surface area contributed by atoms with Crippen LogP contribution in [0.1, 0.15) is 37.3 Å². The van der Waals surface area contributed by atoms with Crippen molar-refractivity contribution in [2.45, 2.75) is 45.2 Å². The summed E-state index contributed by atoms with van der Waals surface area (Å²) in [5.74, 6) is 1.93. The smallest absolute Gasteiger partial charge is 0.227 e. The van der Waals surface area contributed by atoms with Crippen LogP contribution in [0.2, 0.25) is 0 Å². The number of rotatable bonds is 5. The Kier molecular flexibility index (Phi) is 4.88. The molecular weight excluding hydrogens is 328 g/mol. The van der Waals surface area contributed by atoms with E-state index >= 15 is 0 Å². The van der Waals surface area contributed by atoms with Gasteiger partial charge in [0, 0.05) is 43.5 Å². The standard InChI is InChI=1S/C19H26N6O/c1-14-21-18(23-22-14)13-20-15-8-11-24(12-9-15)16-4-6-17(7-5-16)25-10-2-3-19(25)26/h4-7,15,20H,2-3,8-13H2,1H3,(H,21,22,23). The molecule has 0 unspecified atom stereocenters. The minimum Gasteiger partial charge on any atom is -0.371 e. The van der Waals surface area contributed by atoms with Gasteiger partial charge in [-0.25, -0.2) is 4.98 Å². The largest absolute Gasteiger partial charge is 0.371 e. The van der Waals surface area contributed by atoms with E-state index in [0.717, 1.165) is 56.2 Å².